The first-order valence-corrected chi connectivity index (χ1v) is 5.96. The third-order valence-corrected chi connectivity index (χ3v) is 2.68. The second-order valence-corrected chi connectivity index (χ2v) is 4.70. The van der Waals surface area contributed by atoms with E-state index in [1.165, 1.54) is 12.0 Å². The maximum Gasteiger partial charge on any atom is -0.00258 e. The number of hydrogen-bond donors (Lipinski definition) is 1. The van der Waals surface area contributed by atoms with Gasteiger partial charge in [-0.05, 0) is 36.9 Å². The maximum absolute atomic E-state index is 3.49. The zero-order valence-electron chi connectivity index (χ0n) is 10.2. The van der Waals surface area contributed by atoms with Gasteiger partial charge >= 0.3 is 0 Å². The van der Waals surface area contributed by atoms with Crippen LogP contribution in [0.25, 0.3) is 0 Å². The Kier molecular flexibility index (Phi) is 5.41. The first-order valence-electron chi connectivity index (χ1n) is 5.96. The molecule has 0 unspecified atom stereocenters. The molecule has 0 aliphatic heterocycles. The molecule has 0 aliphatic rings. The summed E-state index contributed by atoms with van der Waals surface area (Å²) < 4.78 is 0. The van der Waals surface area contributed by atoms with Gasteiger partial charge in [0.25, 0.3) is 0 Å². The molecular formula is C14H23N. The van der Waals surface area contributed by atoms with E-state index in [1.807, 2.05) is 0 Å². The van der Waals surface area contributed by atoms with E-state index in [2.05, 4.69) is 56.4 Å². The third kappa shape index (κ3) is 4.98. The molecule has 1 aromatic rings. The predicted octanol–water partition coefficient (Wildman–Crippen LogP) is 3.43. The van der Waals surface area contributed by atoms with Gasteiger partial charge in [0.2, 0.25) is 0 Å². The van der Waals surface area contributed by atoms with Gasteiger partial charge in [-0.3, -0.25) is 0 Å². The molecule has 0 radical (unpaired) electrons. The lowest BCUT2D eigenvalue weighted by molar-refractivity contribution is 0.525. The highest BCUT2D eigenvalue weighted by atomic mass is 14.8. The van der Waals surface area contributed by atoms with Crippen molar-refractivity contribution in [2.45, 2.75) is 33.1 Å². The summed E-state index contributed by atoms with van der Waals surface area (Å²) in [7, 11) is 0. The molecule has 0 spiro atoms. The van der Waals surface area contributed by atoms with Crippen molar-refractivity contribution in [2.24, 2.45) is 5.92 Å². The zero-order valence-corrected chi connectivity index (χ0v) is 10.2. The summed E-state index contributed by atoms with van der Waals surface area (Å²) in [5.74, 6) is 1.41. The van der Waals surface area contributed by atoms with Crippen LogP contribution in [0.1, 0.15) is 38.7 Å². The van der Waals surface area contributed by atoms with Crippen LogP contribution < -0.4 is 5.32 Å². The van der Waals surface area contributed by atoms with Crippen LogP contribution in [-0.2, 0) is 0 Å². The van der Waals surface area contributed by atoms with Crippen LogP contribution in [0.4, 0.5) is 0 Å². The van der Waals surface area contributed by atoms with E-state index in [-0.39, 0.29) is 0 Å². The van der Waals surface area contributed by atoms with Crippen molar-refractivity contribution in [3.05, 3.63) is 35.9 Å². The van der Waals surface area contributed by atoms with E-state index < -0.39 is 0 Å². The summed E-state index contributed by atoms with van der Waals surface area (Å²) in [6.45, 7) is 9.03. The molecule has 1 aromatic carbocycles. The largest absolute Gasteiger partial charge is 0.316 e. The summed E-state index contributed by atoms with van der Waals surface area (Å²) in [4.78, 5) is 0. The van der Waals surface area contributed by atoms with Gasteiger partial charge in [-0.15, -0.1) is 0 Å². The fourth-order valence-corrected chi connectivity index (χ4v) is 1.66. The fourth-order valence-electron chi connectivity index (χ4n) is 1.66. The average molecular weight is 205 g/mol. The number of hydrogen-bond acceptors (Lipinski definition) is 1. The number of nitrogens with one attached hydrogen (secondary N) is 1. The van der Waals surface area contributed by atoms with Crippen molar-refractivity contribution in [3.63, 3.8) is 0 Å². The lowest BCUT2D eigenvalue weighted by atomic mass is 9.98. The monoisotopic (exact) mass is 205 g/mol. The normalized spacial score (nSPS) is 13.1. The van der Waals surface area contributed by atoms with Gasteiger partial charge in [0, 0.05) is 0 Å². The molecule has 1 nitrogen and oxygen atoms in total. The molecule has 0 amide bonds. The Balaban J connectivity index is 2.22. The lowest BCUT2D eigenvalue weighted by Crippen LogP contribution is -2.21. The number of rotatable bonds is 6. The quantitative estimate of drug-likeness (QED) is 0.702. The Bertz CT molecular complexity index is 253. The van der Waals surface area contributed by atoms with E-state index in [0.29, 0.717) is 5.92 Å². The molecule has 0 heterocycles. The molecule has 0 aromatic heterocycles. The van der Waals surface area contributed by atoms with Crippen molar-refractivity contribution in [2.75, 3.05) is 13.1 Å². The Morgan fingerprint density at radius 1 is 1.07 bits per heavy atom. The highest BCUT2D eigenvalue weighted by Crippen LogP contribution is 2.17. The minimum Gasteiger partial charge on any atom is -0.316 e. The molecule has 0 saturated heterocycles. The first-order chi connectivity index (χ1) is 7.20. The summed E-state index contributed by atoms with van der Waals surface area (Å²) in [5.41, 5.74) is 1.45. The van der Waals surface area contributed by atoms with Gasteiger partial charge in [0.1, 0.15) is 0 Å². The maximum atomic E-state index is 3.49. The Morgan fingerprint density at radius 2 is 1.73 bits per heavy atom. The standard InChI is InChI=1S/C14H23N/c1-12(2)11-15-10-9-13(3)14-7-5-4-6-8-14/h4-8,12-13,15H,9-11H2,1-3H3/t13-/m1/s1. The molecule has 0 fully saturated rings. The van der Waals surface area contributed by atoms with Gasteiger partial charge in [-0.1, -0.05) is 51.1 Å². The van der Waals surface area contributed by atoms with Crippen molar-refractivity contribution < 1.29 is 0 Å². The van der Waals surface area contributed by atoms with Crippen LogP contribution in [0.3, 0.4) is 0 Å². The van der Waals surface area contributed by atoms with Crippen LogP contribution in [-0.4, -0.2) is 13.1 Å². The van der Waals surface area contributed by atoms with Crippen molar-refractivity contribution in [1.82, 2.24) is 5.32 Å². The number of benzene rings is 1. The molecule has 1 rings (SSSR count). The molecule has 15 heavy (non-hydrogen) atoms. The summed E-state index contributed by atoms with van der Waals surface area (Å²) >= 11 is 0. The lowest BCUT2D eigenvalue weighted by Gasteiger charge is -2.13. The van der Waals surface area contributed by atoms with E-state index in [1.54, 1.807) is 0 Å². The molecular weight excluding hydrogens is 182 g/mol. The van der Waals surface area contributed by atoms with Gasteiger partial charge in [0.15, 0.2) is 0 Å². The summed E-state index contributed by atoms with van der Waals surface area (Å²) in [6, 6.07) is 10.7. The fraction of sp³-hybridized carbons (Fsp3) is 0.571. The molecule has 1 heteroatoms. The molecule has 0 aliphatic carbocycles. The van der Waals surface area contributed by atoms with Crippen molar-refractivity contribution in [1.29, 1.82) is 0 Å². The Hall–Kier alpha value is -0.820. The molecule has 84 valence electrons. The summed E-state index contributed by atoms with van der Waals surface area (Å²) in [5, 5.41) is 3.49. The van der Waals surface area contributed by atoms with E-state index in [9.17, 15) is 0 Å². The van der Waals surface area contributed by atoms with Gasteiger partial charge < -0.3 is 5.32 Å². The molecule has 0 bridgehead atoms. The van der Waals surface area contributed by atoms with Crippen LogP contribution in [0, 0.1) is 5.92 Å². The Labute approximate surface area is 93.9 Å². The van der Waals surface area contributed by atoms with Gasteiger partial charge in [-0.2, -0.15) is 0 Å². The van der Waals surface area contributed by atoms with Gasteiger partial charge in [-0.25, -0.2) is 0 Å². The summed E-state index contributed by atoms with van der Waals surface area (Å²) in [6.07, 6.45) is 1.22. The molecule has 0 saturated carbocycles. The molecule has 1 atom stereocenters. The van der Waals surface area contributed by atoms with Crippen LogP contribution in [0.2, 0.25) is 0 Å². The van der Waals surface area contributed by atoms with Crippen molar-refractivity contribution >= 4 is 0 Å². The highest BCUT2D eigenvalue weighted by Gasteiger charge is 2.03. The minimum absolute atomic E-state index is 0.658. The van der Waals surface area contributed by atoms with Crippen LogP contribution in [0.5, 0.6) is 0 Å². The predicted molar refractivity (Wildman–Crippen MR) is 67.2 cm³/mol. The van der Waals surface area contributed by atoms with E-state index in [4.69, 9.17) is 0 Å². The average Bonchev–Trinajstić information content (AvgIpc) is 2.25. The third-order valence-electron chi connectivity index (χ3n) is 2.68. The topological polar surface area (TPSA) is 12.0 Å². The zero-order chi connectivity index (χ0) is 11.1. The molecule has 1 N–H and O–H groups in total. The van der Waals surface area contributed by atoms with E-state index in [0.717, 1.165) is 19.0 Å². The van der Waals surface area contributed by atoms with Crippen molar-refractivity contribution in [3.8, 4) is 0 Å². The SMILES string of the molecule is CC(C)CNCC[C@@H](C)c1ccccc1. The van der Waals surface area contributed by atoms with Gasteiger partial charge in [0.05, 0.1) is 0 Å². The smallest absolute Gasteiger partial charge is 0.00258 e. The minimum atomic E-state index is 0.658. The van der Waals surface area contributed by atoms with Crippen LogP contribution in [0.15, 0.2) is 30.3 Å². The van der Waals surface area contributed by atoms with Crippen LogP contribution >= 0.6 is 0 Å². The second kappa shape index (κ2) is 6.62. The first kappa shape index (κ1) is 12.3. The second-order valence-electron chi connectivity index (χ2n) is 4.70. The van der Waals surface area contributed by atoms with E-state index >= 15 is 0 Å². The Morgan fingerprint density at radius 3 is 2.33 bits per heavy atom. The highest BCUT2D eigenvalue weighted by molar-refractivity contribution is 5.18.